The molecule has 1 N–H and O–H groups in total. The van der Waals surface area contributed by atoms with Crippen LogP contribution < -0.4 is 9.62 Å². The van der Waals surface area contributed by atoms with E-state index in [0.717, 1.165) is 36.8 Å². The normalized spacial score (nSPS) is 18.3. The molecule has 0 unspecified atom stereocenters. The molecule has 1 heterocycles. The highest BCUT2D eigenvalue weighted by molar-refractivity contribution is 7.89. The number of carbonyl (C=O) groups is 1. The maximum absolute atomic E-state index is 13.0. The highest BCUT2D eigenvalue weighted by Gasteiger charge is 2.32. The van der Waals surface area contributed by atoms with Crippen LogP contribution in [-0.4, -0.2) is 26.9 Å². The molecule has 1 amide bonds. The third-order valence-corrected chi connectivity index (χ3v) is 6.86. The smallest absolute Gasteiger partial charge is 0.258 e. The van der Waals surface area contributed by atoms with Crippen LogP contribution in [0.25, 0.3) is 10.8 Å². The van der Waals surface area contributed by atoms with E-state index in [1.807, 2.05) is 6.92 Å². The Morgan fingerprint density at radius 3 is 2.60 bits per heavy atom. The molecule has 6 heteroatoms. The molecule has 0 aromatic heterocycles. The molecular formula is C19H22N2O3S. The first-order chi connectivity index (χ1) is 12.0. The Bertz CT molecular complexity index is 947. The molecule has 0 atom stereocenters. The fraction of sp³-hybridized carbons (Fsp3) is 0.421. The second-order valence-electron chi connectivity index (χ2n) is 6.82. The molecule has 2 aliphatic rings. The lowest BCUT2D eigenvalue weighted by Crippen LogP contribution is -2.36. The standard InChI is InChI=1S/C19H22N2O3S/c1-2-21-16-11-12-17(14-9-6-10-15(18(14)16)19(21)22)25(23,24)20-13-7-4-3-5-8-13/h6,9-13,20H,2-5,7-8H2,1H3. The second kappa shape index (κ2) is 6.11. The lowest BCUT2D eigenvalue weighted by molar-refractivity contribution is 0.0994. The predicted molar refractivity (Wildman–Crippen MR) is 98.5 cm³/mol. The van der Waals surface area contributed by atoms with Gasteiger partial charge in [-0.25, -0.2) is 13.1 Å². The summed E-state index contributed by atoms with van der Waals surface area (Å²) < 4.78 is 28.8. The van der Waals surface area contributed by atoms with E-state index in [4.69, 9.17) is 0 Å². The van der Waals surface area contributed by atoms with Crippen molar-refractivity contribution in [2.75, 3.05) is 11.4 Å². The summed E-state index contributed by atoms with van der Waals surface area (Å²) in [5, 5.41) is 1.38. The van der Waals surface area contributed by atoms with Gasteiger partial charge in [0.25, 0.3) is 5.91 Å². The Kier molecular flexibility index (Phi) is 4.04. The molecule has 0 radical (unpaired) electrons. The highest BCUT2D eigenvalue weighted by Crippen LogP contribution is 2.40. The molecule has 2 aromatic carbocycles. The first kappa shape index (κ1) is 16.5. The summed E-state index contributed by atoms with van der Waals surface area (Å²) in [4.78, 5) is 14.5. The molecule has 5 nitrogen and oxygen atoms in total. The molecule has 1 aliphatic carbocycles. The number of carbonyl (C=O) groups excluding carboxylic acids is 1. The number of rotatable bonds is 4. The van der Waals surface area contributed by atoms with Gasteiger partial charge in [0.1, 0.15) is 0 Å². The largest absolute Gasteiger partial charge is 0.308 e. The maximum atomic E-state index is 13.0. The zero-order valence-electron chi connectivity index (χ0n) is 14.3. The van der Waals surface area contributed by atoms with Crippen LogP contribution in [0.1, 0.15) is 49.4 Å². The number of hydrogen-bond acceptors (Lipinski definition) is 3. The molecule has 1 aliphatic heterocycles. The Morgan fingerprint density at radius 1 is 1.12 bits per heavy atom. The lowest BCUT2D eigenvalue weighted by Gasteiger charge is -2.23. The van der Waals surface area contributed by atoms with Crippen LogP contribution in [0.4, 0.5) is 5.69 Å². The lowest BCUT2D eigenvalue weighted by atomic mass is 9.96. The number of hydrogen-bond donors (Lipinski definition) is 1. The van der Waals surface area contributed by atoms with Gasteiger partial charge in [-0.1, -0.05) is 31.4 Å². The first-order valence-corrected chi connectivity index (χ1v) is 10.4. The number of benzene rings is 2. The number of nitrogens with one attached hydrogen (secondary N) is 1. The average Bonchev–Trinajstić information content (AvgIpc) is 2.89. The number of nitrogens with zero attached hydrogens (tertiary/aromatic N) is 1. The Hall–Kier alpha value is -1.92. The van der Waals surface area contributed by atoms with Gasteiger partial charge in [-0.05, 0) is 38.0 Å². The van der Waals surface area contributed by atoms with Gasteiger partial charge in [0.2, 0.25) is 10.0 Å². The fourth-order valence-electron chi connectivity index (χ4n) is 4.07. The van der Waals surface area contributed by atoms with Crippen molar-refractivity contribution >= 4 is 32.4 Å². The third-order valence-electron chi connectivity index (χ3n) is 5.28. The van der Waals surface area contributed by atoms with Crippen molar-refractivity contribution in [1.82, 2.24) is 4.72 Å². The van der Waals surface area contributed by atoms with E-state index in [0.29, 0.717) is 17.5 Å². The molecule has 0 spiro atoms. The Labute approximate surface area is 148 Å². The van der Waals surface area contributed by atoms with Crippen LogP contribution in [0.3, 0.4) is 0 Å². The van der Waals surface area contributed by atoms with Crippen LogP contribution in [0.5, 0.6) is 0 Å². The fourth-order valence-corrected chi connectivity index (χ4v) is 5.58. The van der Waals surface area contributed by atoms with Gasteiger partial charge in [-0.2, -0.15) is 0 Å². The average molecular weight is 358 g/mol. The minimum absolute atomic E-state index is 0.00978. The zero-order chi connectivity index (χ0) is 17.6. The monoisotopic (exact) mass is 358 g/mol. The second-order valence-corrected chi connectivity index (χ2v) is 8.50. The molecule has 2 aromatic rings. The van der Waals surface area contributed by atoms with E-state index in [9.17, 15) is 13.2 Å². The summed E-state index contributed by atoms with van der Waals surface area (Å²) in [6, 6.07) is 8.73. The topological polar surface area (TPSA) is 66.5 Å². The van der Waals surface area contributed by atoms with Crippen LogP contribution in [-0.2, 0) is 10.0 Å². The summed E-state index contributed by atoms with van der Waals surface area (Å²) in [5.41, 5.74) is 1.39. The summed E-state index contributed by atoms with van der Waals surface area (Å²) >= 11 is 0. The third kappa shape index (κ3) is 2.64. The van der Waals surface area contributed by atoms with Crippen molar-refractivity contribution in [2.45, 2.75) is 50.0 Å². The van der Waals surface area contributed by atoms with Crippen LogP contribution in [0.15, 0.2) is 35.2 Å². The maximum Gasteiger partial charge on any atom is 0.258 e. The van der Waals surface area contributed by atoms with E-state index >= 15 is 0 Å². The highest BCUT2D eigenvalue weighted by atomic mass is 32.2. The summed E-state index contributed by atoms with van der Waals surface area (Å²) in [7, 11) is -3.61. The van der Waals surface area contributed by atoms with Gasteiger partial charge in [0.05, 0.1) is 10.6 Å². The first-order valence-electron chi connectivity index (χ1n) is 8.93. The van der Waals surface area contributed by atoms with Crippen LogP contribution in [0.2, 0.25) is 0 Å². The molecule has 4 rings (SSSR count). The summed E-state index contributed by atoms with van der Waals surface area (Å²) in [6.07, 6.45) is 5.09. The van der Waals surface area contributed by atoms with E-state index in [1.165, 1.54) is 6.42 Å². The quantitative estimate of drug-likeness (QED) is 0.910. The van der Waals surface area contributed by atoms with E-state index < -0.39 is 10.0 Å². The van der Waals surface area contributed by atoms with Gasteiger partial charge < -0.3 is 4.90 Å². The molecule has 1 fully saturated rings. The number of anilines is 1. The van der Waals surface area contributed by atoms with Crippen LogP contribution in [0, 0.1) is 0 Å². The van der Waals surface area contributed by atoms with Crippen molar-refractivity contribution in [2.24, 2.45) is 0 Å². The predicted octanol–water partition coefficient (Wildman–Crippen LogP) is 3.43. The van der Waals surface area contributed by atoms with Gasteiger partial charge in [-0.3, -0.25) is 4.79 Å². The van der Waals surface area contributed by atoms with Crippen molar-refractivity contribution in [3.63, 3.8) is 0 Å². The van der Waals surface area contributed by atoms with Gasteiger partial charge in [0, 0.05) is 28.9 Å². The summed E-state index contributed by atoms with van der Waals surface area (Å²) in [6.45, 7) is 2.49. The van der Waals surface area contributed by atoms with Crippen molar-refractivity contribution in [3.05, 3.63) is 35.9 Å². The number of amides is 1. The molecule has 132 valence electrons. The number of sulfonamides is 1. The van der Waals surface area contributed by atoms with Crippen molar-refractivity contribution in [1.29, 1.82) is 0 Å². The van der Waals surface area contributed by atoms with Gasteiger partial charge in [-0.15, -0.1) is 0 Å². The Balaban J connectivity index is 1.82. The SMILES string of the molecule is CCN1C(=O)c2cccc3c(S(=O)(=O)NC4CCCCC4)ccc1c23. The zero-order valence-corrected chi connectivity index (χ0v) is 15.1. The van der Waals surface area contributed by atoms with Gasteiger partial charge >= 0.3 is 0 Å². The molecule has 25 heavy (non-hydrogen) atoms. The van der Waals surface area contributed by atoms with Crippen molar-refractivity contribution in [3.8, 4) is 0 Å². The molecule has 0 saturated heterocycles. The minimum atomic E-state index is -3.61. The van der Waals surface area contributed by atoms with Crippen molar-refractivity contribution < 1.29 is 13.2 Å². The molecular weight excluding hydrogens is 336 g/mol. The van der Waals surface area contributed by atoms with E-state index in [-0.39, 0.29) is 16.8 Å². The van der Waals surface area contributed by atoms with Crippen LogP contribution >= 0.6 is 0 Å². The minimum Gasteiger partial charge on any atom is -0.308 e. The van der Waals surface area contributed by atoms with E-state index in [1.54, 1.807) is 35.2 Å². The Morgan fingerprint density at radius 2 is 1.88 bits per heavy atom. The van der Waals surface area contributed by atoms with Gasteiger partial charge in [0.15, 0.2) is 0 Å². The van der Waals surface area contributed by atoms with E-state index in [2.05, 4.69) is 4.72 Å². The molecule has 0 bridgehead atoms. The molecule has 1 saturated carbocycles. The summed E-state index contributed by atoms with van der Waals surface area (Å²) in [5.74, 6) is -0.0575.